The normalized spacial score (nSPS) is 10.3. The summed E-state index contributed by atoms with van der Waals surface area (Å²) in [6, 6.07) is 5.03. The maximum atomic E-state index is 11.9. The number of aryl methyl sites for hydroxylation is 1. The highest BCUT2D eigenvalue weighted by Crippen LogP contribution is 2.06. The van der Waals surface area contributed by atoms with Crippen LogP contribution in [0.1, 0.15) is 21.7 Å². The van der Waals surface area contributed by atoms with Crippen molar-refractivity contribution >= 4 is 11.7 Å². The van der Waals surface area contributed by atoms with E-state index in [4.69, 9.17) is 5.84 Å². The van der Waals surface area contributed by atoms with Crippen molar-refractivity contribution in [1.29, 1.82) is 0 Å². The molecule has 0 bridgehead atoms. The molecular weight excluding hydrogens is 244 g/mol. The Morgan fingerprint density at radius 2 is 2.26 bits per heavy atom. The number of hydrazine groups is 1. The van der Waals surface area contributed by atoms with Crippen LogP contribution in [0.5, 0.6) is 0 Å². The Labute approximate surface area is 110 Å². The van der Waals surface area contributed by atoms with Gasteiger partial charge in [0.1, 0.15) is 11.5 Å². The van der Waals surface area contributed by atoms with Gasteiger partial charge in [0.15, 0.2) is 0 Å². The van der Waals surface area contributed by atoms with Gasteiger partial charge in [-0.1, -0.05) is 6.07 Å². The van der Waals surface area contributed by atoms with E-state index < -0.39 is 0 Å². The van der Waals surface area contributed by atoms with Gasteiger partial charge in [0.2, 0.25) is 0 Å². The summed E-state index contributed by atoms with van der Waals surface area (Å²) in [6.07, 6.45) is 1.74. The largest absolute Gasteiger partial charge is 0.346 e. The molecule has 0 atom stereocenters. The number of nitrogens with one attached hydrogen (secondary N) is 2. The second-order valence-corrected chi connectivity index (χ2v) is 4.11. The average Bonchev–Trinajstić information content (AvgIpc) is 2.76. The summed E-state index contributed by atoms with van der Waals surface area (Å²) < 4.78 is 1.76. The molecule has 0 unspecified atom stereocenters. The summed E-state index contributed by atoms with van der Waals surface area (Å²) in [5.41, 5.74) is 4.72. The number of amides is 1. The van der Waals surface area contributed by atoms with E-state index in [1.54, 1.807) is 29.1 Å². The first-order chi connectivity index (χ1) is 9.11. The molecule has 0 aliphatic rings. The summed E-state index contributed by atoms with van der Waals surface area (Å²) in [4.78, 5) is 16.0. The number of anilines is 1. The lowest BCUT2D eigenvalue weighted by Gasteiger charge is -2.06. The molecule has 7 heteroatoms. The second kappa shape index (κ2) is 5.49. The van der Waals surface area contributed by atoms with Gasteiger partial charge in [-0.2, -0.15) is 5.10 Å². The van der Waals surface area contributed by atoms with Crippen LogP contribution in [-0.2, 0) is 13.6 Å². The number of hydrogen-bond acceptors (Lipinski definition) is 5. The molecule has 0 fully saturated rings. The third-order valence-corrected chi connectivity index (χ3v) is 2.91. The number of nitrogens with two attached hydrogens (primary N) is 1. The molecule has 100 valence electrons. The van der Waals surface area contributed by atoms with Gasteiger partial charge in [0.25, 0.3) is 5.91 Å². The highest BCUT2D eigenvalue weighted by molar-refractivity contribution is 5.92. The maximum absolute atomic E-state index is 11.9. The highest BCUT2D eigenvalue weighted by atomic mass is 16.1. The molecule has 19 heavy (non-hydrogen) atoms. The highest BCUT2D eigenvalue weighted by Gasteiger charge is 2.09. The van der Waals surface area contributed by atoms with Crippen LogP contribution in [0.25, 0.3) is 0 Å². The number of aromatic nitrogens is 3. The zero-order valence-electron chi connectivity index (χ0n) is 10.8. The zero-order chi connectivity index (χ0) is 13.8. The van der Waals surface area contributed by atoms with Gasteiger partial charge in [-0.15, -0.1) is 0 Å². The molecule has 2 aromatic heterocycles. The molecular formula is C12H16N6O. The number of rotatable bonds is 4. The second-order valence-electron chi connectivity index (χ2n) is 4.11. The van der Waals surface area contributed by atoms with Crippen molar-refractivity contribution in [3.63, 3.8) is 0 Å². The van der Waals surface area contributed by atoms with Gasteiger partial charge in [-0.25, -0.2) is 10.8 Å². The van der Waals surface area contributed by atoms with E-state index in [0.717, 1.165) is 11.3 Å². The minimum atomic E-state index is -0.250. The minimum absolute atomic E-state index is 0.250. The summed E-state index contributed by atoms with van der Waals surface area (Å²) in [5, 5.41) is 6.91. The van der Waals surface area contributed by atoms with Crippen LogP contribution >= 0.6 is 0 Å². The van der Waals surface area contributed by atoms with E-state index in [0.29, 0.717) is 18.1 Å². The Hall–Kier alpha value is -2.41. The fourth-order valence-electron chi connectivity index (χ4n) is 1.63. The van der Waals surface area contributed by atoms with Crippen molar-refractivity contribution in [2.75, 3.05) is 5.43 Å². The number of nitrogens with zero attached hydrogens (tertiary/aromatic N) is 3. The Morgan fingerprint density at radius 1 is 1.47 bits per heavy atom. The van der Waals surface area contributed by atoms with Crippen molar-refractivity contribution in [3.05, 3.63) is 41.3 Å². The third kappa shape index (κ3) is 2.89. The van der Waals surface area contributed by atoms with Crippen molar-refractivity contribution in [2.45, 2.75) is 13.5 Å². The Morgan fingerprint density at radius 3 is 2.89 bits per heavy atom. The molecule has 0 aliphatic carbocycles. The van der Waals surface area contributed by atoms with E-state index in [2.05, 4.69) is 20.8 Å². The molecule has 7 nitrogen and oxygen atoms in total. The van der Waals surface area contributed by atoms with Gasteiger partial charge in [-0.05, 0) is 19.1 Å². The summed E-state index contributed by atoms with van der Waals surface area (Å²) >= 11 is 0. The van der Waals surface area contributed by atoms with Crippen LogP contribution in [0, 0.1) is 6.92 Å². The van der Waals surface area contributed by atoms with Crippen LogP contribution in [0.15, 0.2) is 24.4 Å². The molecule has 0 saturated carbocycles. The average molecular weight is 260 g/mol. The van der Waals surface area contributed by atoms with Crippen molar-refractivity contribution in [3.8, 4) is 0 Å². The number of hydrogen-bond donors (Lipinski definition) is 3. The lowest BCUT2D eigenvalue weighted by Crippen LogP contribution is -2.24. The van der Waals surface area contributed by atoms with Gasteiger partial charge in [0.05, 0.1) is 6.20 Å². The van der Waals surface area contributed by atoms with Crippen molar-refractivity contribution in [1.82, 2.24) is 20.1 Å². The van der Waals surface area contributed by atoms with Crippen LogP contribution in [0.3, 0.4) is 0 Å². The lowest BCUT2D eigenvalue weighted by molar-refractivity contribution is 0.0946. The van der Waals surface area contributed by atoms with E-state index in [1.165, 1.54) is 0 Å². The van der Waals surface area contributed by atoms with Gasteiger partial charge >= 0.3 is 0 Å². The minimum Gasteiger partial charge on any atom is -0.346 e. The quantitative estimate of drug-likeness (QED) is 0.544. The molecule has 2 heterocycles. The van der Waals surface area contributed by atoms with E-state index in [1.807, 2.05) is 14.0 Å². The predicted octanol–water partition coefficient (Wildman–Crippen LogP) is 0.339. The molecule has 2 aromatic rings. The number of pyridine rings is 1. The zero-order valence-corrected chi connectivity index (χ0v) is 10.8. The number of nitrogen functional groups attached to an aromatic ring is 1. The first kappa shape index (κ1) is 13.0. The molecule has 1 amide bonds. The van der Waals surface area contributed by atoms with Crippen LogP contribution in [0.2, 0.25) is 0 Å². The number of carbonyl (C=O) groups excluding carboxylic acids is 1. The molecule has 0 radical (unpaired) electrons. The van der Waals surface area contributed by atoms with E-state index in [9.17, 15) is 4.79 Å². The van der Waals surface area contributed by atoms with E-state index >= 15 is 0 Å². The summed E-state index contributed by atoms with van der Waals surface area (Å²) in [6.45, 7) is 2.37. The Balaban J connectivity index is 2.03. The molecule has 0 aromatic carbocycles. The van der Waals surface area contributed by atoms with Crippen LogP contribution in [0.4, 0.5) is 5.82 Å². The molecule has 0 spiro atoms. The lowest BCUT2D eigenvalue weighted by atomic mass is 10.2. The summed E-state index contributed by atoms with van der Waals surface area (Å²) in [7, 11) is 1.86. The fraction of sp³-hybridized carbons (Fsp3) is 0.250. The van der Waals surface area contributed by atoms with Crippen molar-refractivity contribution in [2.24, 2.45) is 12.9 Å². The molecule has 4 N–H and O–H groups in total. The third-order valence-electron chi connectivity index (χ3n) is 2.91. The Bertz CT molecular complexity index is 592. The standard InChI is InChI=1S/C12H16N6O/c1-8-9(7-15-18(8)2)6-14-12(19)10-4-3-5-11(16-10)17-13/h3-5,7H,6,13H2,1-2H3,(H,14,19)(H,16,17). The smallest absolute Gasteiger partial charge is 0.270 e. The van der Waals surface area contributed by atoms with Crippen LogP contribution < -0.4 is 16.6 Å². The SMILES string of the molecule is Cc1c(CNC(=O)c2cccc(NN)n2)cnn1C. The van der Waals surface area contributed by atoms with Gasteiger partial charge < -0.3 is 10.7 Å². The van der Waals surface area contributed by atoms with Crippen LogP contribution in [-0.4, -0.2) is 20.7 Å². The van der Waals surface area contributed by atoms with Crippen molar-refractivity contribution < 1.29 is 4.79 Å². The number of carbonyl (C=O) groups is 1. The monoisotopic (exact) mass is 260 g/mol. The fourth-order valence-corrected chi connectivity index (χ4v) is 1.63. The summed E-state index contributed by atoms with van der Waals surface area (Å²) in [5.74, 6) is 5.45. The van der Waals surface area contributed by atoms with Gasteiger partial charge in [-0.3, -0.25) is 9.48 Å². The van der Waals surface area contributed by atoms with Gasteiger partial charge in [0, 0.05) is 24.8 Å². The molecule has 0 saturated heterocycles. The molecule has 0 aliphatic heterocycles. The molecule has 2 rings (SSSR count). The van der Waals surface area contributed by atoms with E-state index in [-0.39, 0.29) is 5.91 Å². The topological polar surface area (TPSA) is 97.9 Å². The maximum Gasteiger partial charge on any atom is 0.270 e. The Kier molecular flexibility index (Phi) is 3.76. The first-order valence-corrected chi connectivity index (χ1v) is 5.81. The first-order valence-electron chi connectivity index (χ1n) is 5.81. The predicted molar refractivity (Wildman–Crippen MR) is 71.2 cm³/mol.